The van der Waals surface area contributed by atoms with E-state index in [1.807, 2.05) is 12.3 Å². The predicted molar refractivity (Wildman–Crippen MR) is 113 cm³/mol. The summed E-state index contributed by atoms with van der Waals surface area (Å²) >= 11 is 7.18. The van der Waals surface area contributed by atoms with Crippen molar-refractivity contribution in [1.29, 1.82) is 0 Å². The Bertz CT molecular complexity index is 1050. The average Bonchev–Trinajstić information content (AvgIpc) is 3.24. The van der Waals surface area contributed by atoms with Crippen molar-refractivity contribution in [2.45, 2.75) is 26.9 Å². The van der Waals surface area contributed by atoms with Crippen molar-refractivity contribution < 1.29 is 27.5 Å². The maximum Gasteiger partial charge on any atom is 0.417 e. The lowest BCUT2D eigenvalue weighted by molar-refractivity contribution is -0.150. The van der Waals surface area contributed by atoms with E-state index < -0.39 is 34.2 Å². The number of esters is 1. The van der Waals surface area contributed by atoms with Gasteiger partial charge in [0.25, 0.3) is 0 Å². The first-order valence-corrected chi connectivity index (χ1v) is 10.5. The molecule has 3 rings (SSSR count). The lowest BCUT2D eigenvalue weighted by Gasteiger charge is -2.24. The van der Waals surface area contributed by atoms with E-state index in [2.05, 4.69) is 10.4 Å². The molecule has 1 aromatic carbocycles. The fourth-order valence-electron chi connectivity index (χ4n) is 3.14. The molecule has 1 aromatic heterocycles. The van der Waals surface area contributed by atoms with Crippen LogP contribution in [0.3, 0.4) is 0 Å². The molecule has 166 valence electrons. The molecule has 0 spiro atoms. The molecule has 1 atom stereocenters. The number of amides is 2. The van der Waals surface area contributed by atoms with Gasteiger partial charge < -0.3 is 4.74 Å². The van der Waals surface area contributed by atoms with Crippen LogP contribution in [0.25, 0.3) is 0 Å². The highest BCUT2D eigenvalue weighted by atomic mass is 35.5. The number of alkyl halides is 3. The molecule has 1 N–H and O–H groups in total. The van der Waals surface area contributed by atoms with Crippen LogP contribution in [0.1, 0.15) is 30.5 Å². The maximum atomic E-state index is 13.1. The number of nitrogens with one attached hydrogen (secondary N) is 1. The number of halogens is 4. The van der Waals surface area contributed by atoms with Gasteiger partial charge in [0, 0.05) is 5.56 Å². The van der Waals surface area contributed by atoms with Crippen molar-refractivity contribution in [1.82, 2.24) is 5.01 Å². The van der Waals surface area contributed by atoms with Crippen LogP contribution >= 0.6 is 22.9 Å². The summed E-state index contributed by atoms with van der Waals surface area (Å²) in [7, 11) is 0. The molecular weight excluding hydrogens is 455 g/mol. The standard InChI is InChI=1S/C20H19ClF3N3O3S/c1-4-30-17(28)19(3)10-27(18(29)25-15-7-11(2)9-31-15)26-16(19)12-5-6-13(14(21)8-12)20(22,23)24/h5-9H,4,10H2,1-3H3,(H,25,29). The quantitative estimate of drug-likeness (QED) is 0.592. The highest BCUT2D eigenvalue weighted by molar-refractivity contribution is 7.14. The number of urea groups is 1. The zero-order valence-electron chi connectivity index (χ0n) is 16.8. The summed E-state index contributed by atoms with van der Waals surface area (Å²) < 4.78 is 44.3. The second-order valence-corrected chi connectivity index (χ2v) is 8.49. The highest BCUT2D eigenvalue weighted by Crippen LogP contribution is 2.38. The third-order valence-corrected chi connectivity index (χ3v) is 5.95. The van der Waals surface area contributed by atoms with Gasteiger partial charge in [-0.1, -0.05) is 17.7 Å². The van der Waals surface area contributed by atoms with E-state index in [0.717, 1.165) is 22.7 Å². The van der Waals surface area contributed by atoms with E-state index in [-0.39, 0.29) is 24.4 Å². The Balaban J connectivity index is 1.98. The van der Waals surface area contributed by atoms with E-state index in [1.165, 1.54) is 24.3 Å². The van der Waals surface area contributed by atoms with Crippen LogP contribution in [-0.4, -0.2) is 35.9 Å². The number of carbonyl (C=O) groups is 2. The number of thiophene rings is 1. The monoisotopic (exact) mass is 473 g/mol. The number of hydrogen-bond acceptors (Lipinski definition) is 5. The van der Waals surface area contributed by atoms with E-state index in [0.29, 0.717) is 5.00 Å². The number of carbonyl (C=O) groups excluding carboxylic acids is 2. The molecule has 2 aromatic rings. The van der Waals surface area contributed by atoms with Crippen molar-refractivity contribution in [3.05, 3.63) is 51.4 Å². The molecule has 1 unspecified atom stereocenters. The van der Waals surface area contributed by atoms with Gasteiger partial charge in [-0.25, -0.2) is 9.80 Å². The van der Waals surface area contributed by atoms with E-state index in [1.54, 1.807) is 13.0 Å². The maximum absolute atomic E-state index is 13.1. The van der Waals surface area contributed by atoms with Crippen LogP contribution in [0.4, 0.5) is 23.0 Å². The third kappa shape index (κ3) is 4.69. The molecule has 2 amide bonds. The molecule has 6 nitrogen and oxygen atoms in total. The molecule has 0 radical (unpaired) electrons. The third-order valence-electron chi connectivity index (χ3n) is 4.68. The molecule has 11 heteroatoms. The van der Waals surface area contributed by atoms with Crippen molar-refractivity contribution in [2.24, 2.45) is 10.5 Å². The van der Waals surface area contributed by atoms with Crippen LogP contribution in [0.2, 0.25) is 5.02 Å². The number of anilines is 1. The first kappa shape index (κ1) is 23.1. The van der Waals surface area contributed by atoms with Crippen LogP contribution in [0.5, 0.6) is 0 Å². The summed E-state index contributed by atoms with van der Waals surface area (Å²) in [5, 5.41) is 9.94. The number of hydrazone groups is 1. The van der Waals surface area contributed by atoms with Crippen molar-refractivity contribution in [3.63, 3.8) is 0 Å². The summed E-state index contributed by atoms with van der Waals surface area (Å²) in [4.78, 5) is 25.4. The Morgan fingerprint density at radius 1 is 1.35 bits per heavy atom. The SMILES string of the molecule is CCOC(=O)C1(C)CN(C(=O)Nc2cc(C)cs2)N=C1c1ccc(C(F)(F)F)c(Cl)c1. The number of ether oxygens (including phenoxy) is 1. The Hall–Kier alpha value is -2.59. The minimum absolute atomic E-state index is 0.0934. The molecule has 0 fully saturated rings. The topological polar surface area (TPSA) is 71.0 Å². The molecule has 2 heterocycles. The molecule has 0 bridgehead atoms. The Morgan fingerprint density at radius 2 is 2.06 bits per heavy atom. The largest absolute Gasteiger partial charge is 0.465 e. The van der Waals surface area contributed by atoms with Crippen LogP contribution in [0.15, 0.2) is 34.7 Å². The number of nitrogens with zero attached hydrogens (tertiary/aromatic N) is 2. The van der Waals surface area contributed by atoms with E-state index in [9.17, 15) is 22.8 Å². The van der Waals surface area contributed by atoms with Gasteiger partial charge in [-0.3, -0.25) is 10.1 Å². The molecule has 0 aliphatic carbocycles. The first-order chi connectivity index (χ1) is 14.5. The molecule has 0 saturated heterocycles. The lowest BCUT2D eigenvalue weighted by Crippen LogP contribution is -2.42. The molecule has 1 aliphatic heterocycles. The van der Waals surface area contributed by atoms with Gasteiger partial charge in [-0.05, 0) is 49.9 Å². The number of aryl methyl sites for hydroxylation is 1. The summed E-state index contributed by atoms with van der Waals surface area (Å²) in [6, 6.07) is 4.29. The summed E-state index contributed by atoms with van der Waals surface area (Å²) in [5.41, 5.74) is -1.13. The van der Waals surface area contributed by atoms with E-state index >= 15 is 0 Å². The minimum atomic E-state index is -4.62. The van der Waals surface area contributed by atoms with Gasteiger partial charge in [0.2, 0.25) is 0 Å². The van der Waals surface area contributed by atoms with Gasteiger partial charge in [0.15, 0.2) is 0 Å². The molecular formula is C20H19ClF3N3O3S. The van der Waals surface area contributed by atoms with Crippen LogP contribution in [-0.2, 0) is 15.7 Å². The average molecular weight is 474 g/mol. The highest BCUT2D eigenvalue weighted by Gasteiger charge is 2.49. The van der Waals surface area contributed by atoms with E-state index in [4.69, 9.17) is 16.3 Å². The smallest absolute Gasteiger partial charge is 0.417 e. The van der Waals surface area contributed by atoms with Gasteiger partial charge >= 0.3 is 18.2 Å². The summed E-state index contributed by atoms with van der Waals surface area (Å²) in [6.07, 6.45) is -4.62. The Labute approximate surface area is 185 Å². The molecule has 0 saturated carbocycles. The fourth-order valence-corrected chi connectivity index (χ4v) is 4.21. The Morgan fingerprint density at radius 3 is 2.61 bits per heavy atom. The predicted octanol–water partition coefficient (Wildman–Crippen LogP) is 5.55. The summed E-state index contributed by atoms with van der Waals surface area (Å²) in [6.45, 7) is 4.99. The van der Waals surface area contributed by atoms with Crippen molar-refractivity contribution >= 4 is 45.7 Å². The number of hydrogen-bond donors (Lipinski definition) is 1. The minimum Gasteiger partial charge on any atom is -0.465 e. The zero-order valence-corrected chi connectivity index (χ0v) is 18.4. The number of benzene rings is 1. The second-order valence-electron chi connectivity index (χ2n) is 7.17. The zero-order chi connectivity index (χ0) is 23.0. The second kappa shape index (κ2) is 8.51. The molecule has 1 aliphatic rings. The van der Waals surface area contributed by atoms with Crippen molar-refractivity contribution in [3.8, 4) is 0 Å². The number of rotatable bonds is 4. The van der Waals surface area contributed by atoms with Gasteiger partial charge in [-0.15, -0.1) is 11.3 Å². The summed E-state index contributed by atoms with van der Waals surface area (Å²) in [5.74, 6) is -0.646. The fraction of sp³-hybridized carbons (Fsp3) is 0.350. The molecule has 31 heavy (non-hydrogen) atoms. The normalized spacial score (nSPS) is 18.7. The first-order valence-electron chi connectivity index (χ1n) is 9.22. The van der Waals surface area contributed by atoms with Crippen LogP contribution < -0.4 is 5.32 Å². The van der Waals surface area contributed by atoms with Crippen LogP contribution in [0, 0.1) is 12.3 Å². The van der Waals surface area contributed by atoms with Gasteiger partial charge in [-0.2, -0.15) is 18.3 Å². The van der Waals surface area contributed by atoms with Gasteiger partial charge in [0.05, 0.1) is 34.5 Å². The lowest BCUT2D eigenvalue weighted by atomic mass is 9.82. The van der Waals surface area contributed by atoms with Gasteiger partial charge in [0.1, 0.15) is 5.41 Å². The Kier molecular flexibility index (Phi) is 6.33. The van der Waals surface area contributed by atoms with Crippen molar-refractivity contribution in [2.75, 3.05) is 18.5 Å².